The first-order chi connectivity index (χ1) is 11.4. The number of nitrogens with one attached hydrogen (secondary N) is 1. The minimum atomic E-state index is -3.54. The van der Waals surface area contributed by atoms with Crippen LogP contribution in [0.25, 0.3) is 0 Å². The first-order valence-electron chi connectivity index (χ1n) is 7.98. The van der Waals surface area contributed by atoms with Crippen molar-refractivity contribution in [1.29, 1.82) is 0 Å². The molecule has 2 unspecified atom stereocenters. The number of thiophene rings is 1. The largest absolute Gasteiger partial charge is 0.250 e. The molecule has 0 aliphatic heterocycles. The summed E-state index contributed by atoms with van der Waals surface area (Å²) in [5, 5.41) is 0. The lowest BCUT2D eigenvalue weighted by molar-refractivity contribution is 0.386. The van der Waals surface area contributed by atoms with Crippen LogP contribution in [0.15, 0.2) is 39.0 Å². The van der Waals surface area contributed by atoms with Crippen LogP contribution in [0.5, 0.6) is 0 Å². The number of halogens is 2. The third-order valence-corrected chi connectivity index (χ3v) is 9.59. The van der Waals surface area contributed by atoms with Crippen LogP contribution in [0.4, 0.5) is 0 Å². The molecule has 1 saturated carbocycles. The predicted octanol–water partition coefficient (Wildman–Crippen LogP) is 4.64. The average molecular weight is 447 g/mol. The molecule has 1 heterocycles. The van der Waals surface area contributed by atoms with Gasteiger partial charge in [-0.3, -0.25) is 0 Å². The van der Waals surface area contributed by atoms with E-state index in [0.29, 0.717) is 20.6 Å². The molecular weight excluding hydrogens is 430 g/mol. The molecule has 1 fully saturated rings. The number of fused-ring (bicyclic) bond motifs is 3. The zero-order valence-electron chi connectivity index (χ0n) is 12.8. The summed E-state index contributed by atoms with van der Waals surface area (Å²) in [6.07, 6.45) is 4.08. The first-order valence-corrected chi connectivity index (χ1v) is 11.4. The lowest BCUT2D eigenvalue weighted by atomic mass is 9.94. The average Bonchev–Trinajstić information content (AvgIpc) is 3.00. The topological polar surface area (TPSA) is 46.2 Å². The van der Waals surface area contributed by atoms with Gasteiger partial charge >= 0.3 is 0 Å². The highest BCUT2D eigenvalue weighted by atomic mass is 79.9. The molecule has 2 aliphatic rings. The van der Waals surface area contributed by atoms with Gasteiger partial charge in [-0.1, -0.05) is 35.9 Å². The fraction of sp³-hybridized carbons (Fsp3) is 0.412. The van der Waals surface area contributed by atoms with Gasteiger partial charge in [0, 0.05) is 10.5 Å². The highest BCUT2D eigenvalue weighted by molar-refractivity contribution is 9.10. The van der Waals surface area contributed by atoms with Gasteiger partial charge in [0.2, 0.25) is 10.0 Å². The molecule has 2 bridgehead atoms. The van der Waals surface area contributed by atoms with Crippen molar-refractivity contribution in [1.82, 2.24) is 4.72 Å². The quantitative estimate of drug-likeness (QED) is 0.747. The van der Waals surface area contributed by atoms with Crippen LogP contribution in [0.3, 0.4) is 0 Å². The van der Waals surface area contributed by atoms with E-state index in [0.717, 1.165) is 37.0 Å². The summed E-state index contributed by atoms with van der Waals surface area (Å²) in [6.45, 7) is 0. The Morgan fingerprint density at radius 1 is 1.12 bits per heavy atom. The van der Waals surface area contributed by atoms with Crippen molar-refractivity contribution in [3.8, 4) is 0 Å². The first kappa shape index (κ1) is 17.0. The molecule has 1 N–H and O–H groups in total. The monoisotopic (exact) mass is 445 g/mol. The van der Waals surface area contributed by atoms with E-state index in [1.165, 1.54) is 11.1 Å². The number of rotatable bonds is 3. The third-order valence-electron chi connectivity index (χ3n) is 5.19. The molecule has 4 rings (SSSR count). The van der Waals surface area contributed by atoms with Gasteiger partial charge in [0.25, 0.3) is 0 Å². The maximum absolute atomic E-state index is 12.8. The van der Waals surface area contributed by atoms with E-state index in [1.54, 1.807) is 6.07 Å². The van der Waals surface area contributed by atoms with Gasteiger partial charge in [-0.25, -0.2) is 13.1 Å². The normalized spacial score (nSPS) is 26.2. The summed E-state index contributed by atoms with van der Waals surface area (Å²) in [4.78, 5) is 0. The van der Waals surface area contributed by atoms with Gasteiger partial charge in [0.15, 0.2) is 0 Å². The second kappa shape index (κ2) is 6.40. The molecule has 7 heteroatoms. The fourth-order valence-corrected chi connectivity index (χ4v) is 7.73. The van der Waals surface area contributed by atoms with Crippen molar-refractivity contribution >= 4 is 48.9 Å². The molecule has 128 valence electrons. The molecule has 1 aromatic heterocycles. The molecule has 24 heavy (non-hydrogen) atoms. The number of sulfonamides is 1. The second-order valence-electron chi connectivity index (χ2n) is 6.61. The predicted molar refractivity (Wildman–Crippen MR) is 101 cm³/mol. The number of hydrogen-bond donors (Lipinski definition) is 1. The smallest absolute Gasteiger partial charge is 0.207 e. The van der Waals surface area contributed by atoms with Crippen LogP contribution >= 0.6 is 38.9 Å². The van der Waals surface area contributed by atoms with Crippen molar-refractivity contribution < 1.29 is 8.42 Å². The Morgan fingerprint density at radius 3 is 2.21 bits per heavy atom. The lowest BCUT2D eigenvalue weighted by Gasteiger charge is -2.23. The zero-order valence-corrected chi connectivity index (χ0v) is 16.8. The Labute approximate surface area is 159 Å². The van der Waals surface area contributed by atoms with Crippen molar-refractivity contribution in [2.24, 2.45) is 11.8 Å². The third kappa shape index (κ3) is 3.07. The van der Waals surface area contributed by atoms with E-state index in [-0.39, 0.29) is 10.3 Å². The van der Waals surface area contributed by atoms with Gasteiger partial charge in [-0.15, -0.1) is 11.3 Å². The Balaban J connectivity index is 1.61. The summed E-state index contributed by atoms with van der Waals surface area (Å²) >= 11 is 10.4. The van der Waals surface area contributed by atoms with E-state index in [1.807, 2.05) is 0 Å². The van der Waals surface area contributed by atoms with E-state index >= 15 is 0 Å². The van der Waals surface area contributed by atoms with Crippen molar-refractivity contribution in [3.05, 3.63) is 50.3 Å². The molecule has 2 aliphatic carbocycles. The standard InChI is InChI=1S/C17H17BrClNO2S2/c18-14-9-15(23-17(14)19)24(21,22)20-16-12-5-6-13(16)8-11-4-2-1-3-10(11)7-12/h1-4,9,12-13,16,20H,5-8H2. The Hall–Kier alpha value is -0.400. The zero-order chi connectivity index (χ0) is 16.9. The molecule has 0 saturated heterocycles. The summed E-state index contributed by atoms with van der Waals surface area (Å²) in [5.74, 6) is 0.736. The van der Waals surface area contributed by atoms with E-state index in [9.17, 15) is 8.42 Å². The second-order valence-corrected chi connectivity index (χ2v) is 11.1. The highest BCUT2D eigenvalue weighted by Crippen LogP contribution is 2.41. The van der Waals surface area contributed by atoms with Crippen molar-refractivity contribution in [2.75, 3.05) is 0 Å². The molecule has 0 spiro atoms. The van der Waals surface area contributed by atoms with E-state index < -0.39 is 10.0 Å². The van der Waals surface area contributed by atoms with Crippen LogP contribution < -0.4 is 4.72 Å². The van der Waals surface area contributed by atoms with Crippen LogP contribution in [0.2, 0.25) is 4.34 Å². The van der Waals surface area contributed by atoms with Crippen molar-refractivity contribution in [3.63, 3.8) is 0 Å². The highest BCUT2D eigenvalue weighted by Gasteiger charge is 2.41. The molecule has 2 aromatic rings. The minimum Gasteiger partial charge on any atom is -0.207 e. The minimum absolute atomic E-state index is 0.00190. The molecule has 2 atom stereocenters. The lowest BCUT2D eigenvalue weighted by Crippen LogP contribution is -2.41. The van der Waals surface area contributed by atoms with Gasteiger partial charge in [0.1, 0.15) is 8.55 Å². The molecular formula is C17H17BrClNO2S2. The van der Waals surface area contributed by atoms with Crippen LogP contribution in [0, 0.1) is 11.8 Å². The van der Waals surface area contributed by atoms with E-state index in [4.69, 9.17) is 11.6 Å². The van der Waals surface area contributed by atoms with Gasteiger partial charge in [-0.2, -0.15) is 0 Å². The van der Waals surface area contributed by atoms with Crippen molar-refractivity contribution in [2.45, 2.75) is 35.9 Å². The van der Waals surface area contributed by atoms with Gasteiger partial charge in [0.05, 0.1) is 0 Å². The summed E-state index contributed by atoms with van der Waals surface area (Å²) in [5.41, 5.74) is 2.74. The van der Waals surface area contributed by atoms with Gasteiger partial charge in [-0.05, 0) is 70.6 Å². The van der Waals surface area contributed by atoms with Crippen LogP contribution in [0.1, 0.15) is 24.0 Å². The number of hydrogen-bond acceptors (Lipinski definition) is 3. The molecule has 1 aromatic carbocycles. The Bertz CT molecular complexity index is 828. The molecule has 0 amide bonds. The fourth-order valence-electron chi connectivity index (χ4n) is 4.04. The Morgan fingerprint density at radius 2 is 1.71 bits per heavy atom. The number of benzene rings is 1. The summed E-state index contributed by atoms with van der Waals surface area (Å²) in [6, 6.07) is 10.1. The van der Waals surface area contributed by atoms with E-state index in [2.05, 4.69) is 44.9 Å². The maximum Gasteiger partial charge on any atom is 0.250 e. The van der Waals surface area contributed by atoms with Gasteiger partial charge < -0.3 is 0 Å². The molecule has 3 nitrogen and oxygen atoms in total. The maximum atomic E-state index is 12.8. The summed E-state index contributed by atoms with van der Waals surface area (Å²) < 4.78 is 29.9. The van der Waals surface area contributed by atoms with Crippen LogP contribution in [-0.2, 0) is 22.9 Å². The van der Waals surface area contributed by atoms with Crippen LogP contribution in [-0.4, -0.2) is 14.5 Å². The molecule has 0 radical (unpaired) electrons. The summed E-state index contributed by atoms with van der Waals surface area (Å²) in [7, 11) is -3.54. The SMILES string of the molecule is O=S(=O)(NC1C2CCC1Cc1ccccc1C2)c1cc(Br)c(Cl)s1. The Kier molecular flexibility index (Phi) is 4.54.